The highest BCUT2D eigenvalue weighted by atomic mass is 32.2. The predicted octanol–water partition coefficient (Wildman–Crippen LogP) is 7.25. The van der Waals surface area contributed by atoms with Crippen molar-refractivity contribution in [2.24, 2.45) is 17.3 Å². The number of nitrogens with zero attached hydrogens (tertiary/aromatic N) is 1. The van der Waals surface area contributed by atoms with E-state index in [1.807, 2.05) is 0 Å². The maximum Gasteiger partial charge on any atom is 0.435 e. The molecule has 0 radical (unpaired) electrons. The summed E-state index contributed by atoms with van der Waals surface area (Å²) in [5, 5.41) is 0. The fraction of sp³-hybridized carbons (Fsp3) is 0.594. The van der Waals surface area contributed by atoms with Gasteiger partial charge in [0.25, 0.3) is 0 Å². The molecule has 2 aliphatic heterocycles. The Morgan fingerprint density at radius 3 is 2.17 bits per heavy atom. The third-order valence-corrected chi connectivity index (χ3v) is 12.9. The Morgan fingerprint density at radius 1 is 0.978 bits per heavy atom. The molecule has 1 saturated heterocycles. The Balaban J connectivity index is 1.46. The highest BCUT2D eigenvalue weighted by molar-refractivity contribution is 7.92. The number of hydrogen-bond acceptors (Lipinski definition) is 5. The van der Waals surface area contributed by atoms with Crippen molar-refractivity contribution >= 4 is 15.7 Å². The van der Waals surface area contributed by atoms with Crippen LogP contribution in [0.2, 0.25) is 0 Å². The maximum absolute atomic E-state index is 15.1. The number of carbonyl (C=O) groups excluding carboxylic acids is 1. The minimum Gasteiger partial charge on any atom is -0.494 e. The molecule has 1 amide bonds. The van der Waals surface area contributed by atoms with Gasteiger partial charge in [0.05, 0.1) is 17.5 Å². The first kappa shape index (κ1) is 32.9. The van der Waals surface area contributed by atoms with Crippen LogP contribution in [0.25, 0.3) is 0 Å². The Kier molecular flexibility index (Phi) is 7.68. The number of benzene rings is 2. The fourth-order valence-electron chi connectivity index (χ4n) is 8.45. The lowest BCUT2D eigenvalue weighted by Crippen LogP contribution is -2.65. The van der Waals surface area contributed by atoms with Crippen LogP contribution in [-0.4, -0.2) is 57.4 Å². The van der Waals surface area contributed by atoms with Gasteiger partial charge in [0, 0.05) is 23.6 Å². The summed E-state index contributed by atoms with van der Waals surface area (Å²) in [6, 6.07) is 5.74. The first-order valence-electron chi connectivity index (χ1n) is 15.3. The normalized spacial score (nSPS) is 29.6. The zero-order chi connectivity index (χ0) is 33.5. The second kappa shape index (κ2) is 10.7. The van der Waals surface area contributed by atoms with Crippen molar-refractivity contribution in [2.75, 3.05) is 19.8 Å². The van der Waals surface area contributed by atoms with Crippen molar-refractivity contribution in [3.8, 4) is 11.5 Å². The average Bonchev–Trinajstić information content (AvgIpc) is 2.95. The molecule has 6 rings (SSSR count). The molecule has 3 fully saturated rings. The van der Waals surface area contributed by atoms with Crippen molar-refractivity contribution < 1.29 is 53.4 Å². The van der Waals surface area contributed by atoms with Gasteiger partial charge < -0.3 is 14.4 Å². The van der Waals surface area contributed by atoms with Gasteiger partial charge in [0.15, 0.2) is 9.84 Å². The van der Waals surface area contributed by atoms with Crippen LogP contribution in [0.15, 0.2) is 47.4 Å². The van der Waals surface area contributed by atoms with Crippen molar-refractivity contribution in [2.45, 2.75) is 86.1 Å². The van der Waals surface area contributed by atoms with Crippen molar-refractivity contribution in [3.05, 3.63) is 53.6 Å². The van der Waals surface area contributed by atoms with Crippen molar-refractivity contribution in [3.63, 3.8) is 0 Å². The van der Waals surface area contributed by atoms with Gasteiger partial charge >= 0.3 is 18.0 Å². The summed E-state index contributed by atoms with van der Waals surface area (Å²) in [4.78, 5) is 15.2. The largest absolute Gasteiger partial charge is 0.494 e. The van der Waals surface area contributed by atoms with Gasteiger partial charge in [0.1, 0.15) is 22.9 Å². The fourth-order valence-corrected chi connectivity index (χ4v) is 10.8. The van der Waals surface area contributed by atoms with Gasteiger partial charge in [-0.15, -0.1) is 0 Å². The number of ether oxygens (including phenoxy) is 2. The minimum absolute atomic E-state index is 0.0991. The first-order chi connectivity index (χ1) is 21.4. The van der Waals surface area contributed by atoms with Crippen LogP contribution >= 0.6 is 0 Å². The second-order valence-electron chi connectivity index (χ2n) is 13.2. The second-order valence-corrected chi connectivity index (χ2v) is 15.4. The lowest BCUT2D eigenvalue weighted by molar-refractivity contribution is -0.348. The summed E-state index contributed by atoms with van der Waals surface area (Å²) in [5.41, 5.74) is -7.62. The molecule has 0 bridgehead atoms. The highest BCUT2D eigenvalue weighted by Gasteiger charge is 2.74. The molecule has 1 spiro atoms. The summed E-state index contributed by atoms with van der Waals surface area (Å²) in [7, 11) is -4.51. The lowest BCUT2D eigenvalue weighted by atomic mass is 9.48. The van der Waals surface area contributed by atoms with Gasteiger partial charge in [-0.3, -0.25) is 4.79 Å². The molecule has 2 saturated carbocycles. The molecule has 0 N–H and O–H groups in total. The van der Waals surface area contributed by atoms with Crippen molar-refractivity contribution in [1.29, 1.82) is 0 Å². The summed E-state index contributed by atoms with van der Waals surface area (Å²) in [6.45, 7) is 3.88. The molecular formula is C32H34F7NO5S. The molecule has 2 heterocycles. The van der Waals surface area contributed by atoms with Crippen LogP contribution < -0.4 is 9.47 Å². The lowest BCUT2D eigenvalue weighted by Gasteiger charge is -2.59. The smallest absolute Gasteiger partial charge is 0.435 e. The van der Waals surface area contributed by atoms with Gasteiger partial charge in [-0.25, -0.2) is 12.8 Å². The monoisotopic (exact) mass is 677 g/mol. The Bertz CT molecular complexity index is 1600. The van der Waals surface area contributed by atoms with E-state index in [0.717, 1.165) is 18.9 Å². The van der Waals surface area contributed by atoms with Crippen LogP contribution in [-0.2, 0) is 25.0 Å². The summed E-state index contributed by atoms with van der Waals surface area (Å²) < 4.78 is 135. The van der Waals surface area contributed by atoms with E-state index in [1.54, 1.807) is 6.92 Å². The molecule has 4 aliphatic rings. The average molecular weight is 678 g/mol. The Hall–Kier alpha value is -3.03. The molecule has 14 heteroatoms. The number of halogens is 7. The maximum atomic E-state index is 15.1. The van der Waals surface area contributed by atoms with Crippen LogP contribution in [0.3, 0.4) is 0 Å². The number of carbonyl (C=O) groups is 1. The van der Waals surface area contributed by atoms with Gasteiger partial charge in [-0.2, -0.15) is 26.3 Å². The van der Waals surface area contributed by atoms with Crippen LogP contribution in [0.4, 0.5) is 30.7 Å². The predicted molar refractivity (Wildman–Crippen MR) is 152 cm³/mol. The zero-order valence-electron chi connectivity index (χ0n) is 25.2. The van der Waals surface area contributed by atoms with E-state index >= 15 is 4.39 Å². The zero-order valence-corrected chi connectivity index (χ0v) is 26.0. The number of likely N-dealkylation sites (tertiary alicyclic amines) is 1. The molecule has 2 aliphatic carbocycles. The number of fused-ring (bicyclic) bond motifs is 3. The van der Waals surface area contributed by atoms with E-state index in [0.29, 0.717) is 37.2 Å². The van der Waals surface area contributed by atoms with Crippen molar-refractivity contribution in [1.82, 2.24) is 4.90 Å². The van der Waals surface area contributed by atoms with Gasteiger partial charge in [-0.1, -0.05) is 19.1 Å². The number of hydrogen-bond donors (Lipinski definition) is 0. The molecule has 2 aromatic rings. The third kappa shape index (κ3) is 4.70. The van der Waals surface area contributed by atoms with Gasteiger partial charge in [-0.05, 0) is 87.1 Å². The third-order valence-electron chi connectivity index (χ3n) is 10.4. The molecular weight excluding hydrogens is 643 g/mol. The van der Waals surface area contributed by atoms with E-state index in [1.165, 1.54) is 29.2 Å². The molecule has 46 heavy (non-hydrogen) atoms. The SMILES string of the molecule is CCOc1ccc(S(=O)(=O)C23CCCN(C(=O)C4CC5(CC(C)C5)C4)C2COc2cc(C(F)(C(F)(F)F)C(F)(F)F)ccc23)cc1. The summed E-state index contributed by atoms with van der Waals surface area (Å²) in [6.07, 6.45) is -9.27. The molecule has 0 aromatic heterocycles. The van der Waals surface area contributed by atoms with E-state index in [4.69, 9.17) is 9.47 Å². The first-order valence-corrected chi connectivity index (χ1v) is 16.8. The van der Waals surface area contributed by atoms with Crippen LogP contribution in [0, 0.1) is 17.3 Å². The van der Waals surface area contributed by atoms with Crippen LogP contribution in [0.5, 0.6) is 11.5 Å². The quantitative estimate of drug-likeness (QED) is 0.301. The van der Waals surface area contributed by atoms with E-state index in [2.05, 4.69) is 6.92 Å². The number of piperidine rings is 1. The van der Waals surface area contributed by atoms with E-state index < -0.39 is 56.6 Å². The van der Waals surface area contributed by atoms with E-state index in [-0.39, 0.29) is 53.2 Å². The Labute approximate surface area is 262 Å². The highest BCUT2D eigenvalue weighted by Crippen LogP contribution is 2.62. The molecule has 6 nitrogen and oxygen atoms in total. The molecule has 252 valence electrons. The topological polar surface area (TPSA) is 72.9 Å². The minimum atomic E-state index is -6.37. The number of rotatable bonds is 6. The number of amides is 1. The van der Waals surface area contributed by atoms with Gasteiger partial charge in [0.2, 0.25) is 5.91 Å². The summed E-state index contributed by atoms with van der Waals surface area (Å²) in [5.74, 6) is -0.230. The van der Waals surface area contributed by atoms with E-state index in [9.17, 15) is 39.6 Å². The number of alkyl halides is 7. The molecule has 2 unspecified atom stereocenters. The molecule has 2 atom stereocenters. The summed E-state index contributed by atoms with van der Waals surface area (Å²) >= 11 is 0. The number of sulfone groups is 1. The molecule has 2 aromatic carbocycles. The van der Waals surface area contributed by atoms with Crippen LogP contribution in [0.1, 0.15) is 63.5 Å². The standard InChI is InChI=1S/C32H34F7NO5S/c1-3-44-22-6-8-23(9-7-22)46(42,43)29-11-4-12-40(27(41)20-16-28(17-20)14-19(2)15-28)26(29)18-45-25-13-21(5-10-24(25)29)30(33,31(34,35)36)32(37,38)39/h5-10,13,19-20,26H,3-4,11-12,14-18H2,1-2H3. The Morgan fingerprint density at radius 2 is 1.61 bits per heavy atom.